The van der Waals surface area contributed by atoms with E-state index in [-0.39, 0.29) is 22.3 Å². The van der Waals surface area contributed by atoms with Crippen LogP contribution < -0.4 is 10.9 Å². The van der Waals surface area contributed by atoms with Crippen molar-refractivity contribution in [1.29, 1.82) is 0 Å². The van der Waals surface area contributed by atoms with E-state index in [1.807, 2.05) is 0 Å². The van der Waals surface area contributed by atoms with Crippen LogP contribution in [0.1, 0.15) is 24.1 Å². The quantitative estimate of drug-likeness (QED) is 0.423. The summed E-state index contributed by atoms with van der Waals surface area (Å²) in [4.78, 5) is 28.9. The molecule has 9 nitrogen and oxygen atoms in total. The second-order valence-electron chi connectivity index (χ2n) is 7.89. The van der Waals surface area contributed by atoms with Crippen molar-refractivity contribution in [3.05, 3.63) is 62.9 Å². The van der Waals surface area contributed by atoms with Crippen LogP contribution in [0.5, 0.6) is 0 Å². The molecule has 33 heavy (non-hydrogen) atoms. The van der Waals surface area contributed by atoms with Gasteiger partial charge in [0.2, 0.25) is 0 Å². The normalized spacial score (nSPS) is 16.8. The molecular formula is C21H14ClFN7O2S+. The van der Waals surface area contributed by atoms with E-state index in [0.717, 1.165) is 29.4 Å². The number of anilines is 1. The summed E-state index contributed by atoms with van der Waals surface area (Å²) in [6.45, 7) is 0. The number of hydrogen-bond acceptors (Lipinski definition) is 7. The maximum atomic E-state index is 15.0. The number of carbonyl (C=O) groups is 1. The number of aromatic amines is 1. The molecule has 0 radical (unpaired) electrons. The Morgan fingerprint density at radius 2 is 2.15 bits per heavy atom. The van der Waals surface area contributed by atoms with E-state index in [1.165, 1.54) is 18.2 Å². The predicted molar refractivity (Wildman–Crippen MR) is 121 cm³/mol. The lowest BCUT2D eigenvalue weighted by Gasteiger charge is -2.18. The number of hydrogen-bond donors (Lipinski definition) is 2. The van der Waals surface area contributed by atoms with Crippen LogP contribution in [0.2, 0.25) is 5.02 Å². The second-order valence-corrected chi connectivity index (χ2v) is 8.83. The number of benzene rings is 1. The molecule has 164 valence electrons. The molecule has 2 aliphatic heterocycles. The molecule has 0 saturated carbocycles. The molecule has 2 N–H and O–H groups in total. The Kier molecular flexibility index (Phi) is 4.56. The molecule has 2 amide bonds. The average molecular weight is 483 g/mol. The van der Waals surface area contributed by atoms with Gasteiger partial charge in [-0.25, -0.2) is 19.8 Å². The Labute approximate surface area is 194 Å². The number of fused-ring (bicyclic) bond motifs is 4. The molecule has 1 aromatic carbocycles. The van der Waals surface area contributed by atoms with Crippen molar-refractivity contribution in [3.63, 3.8) is 0 Å². The minimum absolute atomic E-state index is 0.0293. The van der Waals surface area contributed by atoms with Crippen molar-refractivity contribution >= 4 is 51.9 Å². The first-order valence-corrected chi connectivity index (χ1v) is 11.2. The zero-order valence-corrected chi connectivity index (χ0v) is 18.4. The number of carbonyl (C=O) groups excluding carboxylic acids is 1. The van der Waals surface area contributed by atoms with Crippen LogP contribution in [-0.4, -0.2) is 46.3 Å². The highest BCUT2D eigenvalue weighted by Gasteiger charge is 2.42. The lowest BCUT2D eigenvalue weighted by Crippen LogP contribution is -2.40. The van der Waals surface area contributed by atoms with Crippen molar-refractivity contribution < 1.29 is 13.8 Å². The number of nitrogens with one attached hydrogen (secondary N) is 2. The molecule has 1 atom stereocenters. The van der Waals surface area contributed by atoms with Gasteiger partial charge in [0, 0.05) is 42.3 Å². The van der Waals surface area contributed by atoms with Crippen LogP contribution in [0.15, 0.2) is 35.3 Å². The number of H-pyrrole nitrogens is 1. The maximum Gasteiger partial charge on any atom is 0.496 e. The third-order valence-corrected chi connectivity index (χ3v) is 6.77. The Morgan fingerprint density at radius 3 is 3.03 bits per heavy atom. The number of urea groups is 1. The Balaban J connectivity index is 1.33. The van der Waals surface area contributed by atoms with E-state index in [0.29, 0.717) is 40.8 Å². The predicted octanol–water partition coefficient (Wildman–Crippen LogP) is 3.38. The van der Waals surface area contributed by atoms with Gasteiger partial charge in [-0.05, 0) is 24.1 Å². The van der Waals surface area contributed by atoms with Crippen LogP contribution in [0.25, 0.3) is 22.3 Å². The molecular weight excluding hydrogens is 469 g/mol. The van der Waals surface area contributed by atoms with Crippen molar-refractivity contribution in [2.75, 3.05) is 5.32 Å². The molecule has 2 aliphatic rings. The minimum atomic E-state index is -0.628. The molecule has 5 heterocycles. The summed E-state index contributed by atoms with van der Waals surface area (Å²) in [6.07, 6.45) is 3.47. The van der Waals surface area contributed by atoms with Crippen LogP contribution >= 0.6 is 23.3 Å². The van der Waals surface area contributed by atoms with Gasteiger partial charge in [0.25, 0.3) is 5.56 Å². The van der Waals surface area contributed by atoms with Crippen molar-refractivity contribution in [2.24, 2.45) is 0 Å². The molecule has 0 unspecified atom stereocenters. The highest BCUT2D eigenvalue weighted by molar-refractivity contribution is 7.00. The number of amides is 2. The van der Waals surface area contributed by atoms with Gasteiger partial charge in [0.15, 0.2) is 17.2 Å². The fraction of sp³-hybridized carbons (Fsp3) is 0.190. The zero-order chi connectivity index (χ0) is 22.7. The molecule has 0 fully saturated rings. The lowest BCUT2D eigenvalue weighted by molar-refractivity contribution is -0.460. The Morgan fingerprint density at radius 1 is 1.27 bits per heavy atom. The van der Waals surface area contributed by atoms with Gasteiger partial charge < -0.3 is 0 Å². The number of nitrogens with zero attached hydrogens (tertiary/aromatic N) is 5. The number of aromatic nitrogens is 5. The van der Waals surface area contributed by atoms with Crippen molar-refractivity contribution in [3.8, 4) is 11.1 Å². The molecule has 6 rings (SSSR count). The lowest BCUT2D eigenvalue weighted by atomic mass is 10.0. The van der Waals surface area contributed by atoms with Gasteiger partial charge in [-0.3, -0.25) is 4.79 Å². The SMILES string of the molecule is O=C(Nc1cc(Cl)c(-c2cnc3nsnc3c2)cc1F)[N+]1=C2CC[C@H]1Cc1cc(=O)[nH]nc12. The van der Waals surface area contributed by atoms with E-state index >= 15 is 0 Å². The summed E-state index contributed by atoms with van der Waals surface area (Å²) in [5.41, 5.74) is 3.97. The maximum absolute atomic E-state index is 15.0. The van der Waals surface area contributed by atoms with Gasteiger partial charge >= 0.3 is 6.03 Å². The van der Waals surface area contributed by atoms with Crippen LogP contribution in [-0.2, 0) is 6.42 Å². The van der Waals surface area contributed by atoms with Crippen LogP contribution in [0, 0.1) is 5.82 Å². The number of pyridine rings is 1. The van der Waals surface area contributed by atoms with E-state index < -0.39 is 11.8 Å². The topological polar surface area (TPSA) is 117 Å². The molecule has 0 spiro atoms. The zero-order valence-electron chi connectivity index (χ0n) is 16.8. The van der Waals surface area contributed by atoms with Gasteiger partial charge in [-0.1, -0.05) is 11.6 Å². The summed E-state index contributed by atoms with van der Waals surface area (Å²) >= 11 is 7.48. The minimum Gasteiger partial charge on any atom is -0.268 e. The average Bonchev–Trinajstić information content (AvgIpc) is 3.39. The first-order chi connectivity index (χ1) is 16.0. The van der Waals surface area contributed by atoms with E-state index in [2.05, 4.69) is 29.2 Å². The molecule has 12 heteroatoms. The van der Waals surface area contributed by atoms with Gasteiger partial charge in [-0.15, -0.1) is 0 Å². The summed E-state index contributed by atoms with van der Waals surface area (Å²) in [7, 11) is 0. The third-order valence-electron chi connectivity index (χ3n) is 5.93. The van der Waals surface area contributed by atoms with Crippen LogP contribution in [0.3, 0.4) is 0 Å². The van der Waals surface area contributed by atoms with Crippen molar-refractivity contribution in [1.82, 2.24) is 23.9 Å². The highest BCUT2D eigenvalue weighted by Crippen LogP contribution is 2.34. The Bertz CT molecular complexity index is 1560. The molecule has 4 aromatic rings. The largest absolute Gasteiger partial charge is 0.496 e. The van der Waals surface area contributed by atoms with Crippen molar-refractivity contribution in [2.45, 2.75) is 25.3 Å². The highest BCUT2D eigenvalue weighted by atomic mass is 35.5. The number of halogens is 2. The molecule has 3 aromatic heterocycles. The smallest absolute Gasteiger partial charge is 0.268 e. The standard InChI is InChI=1S/C21H13ClFN7O2S/c22-13-7-15(14(23)6-12(13)10-4-16-20(24-8-10)29-33-28-16)25-21(32)30-11-1-2-17(30)19-9(3-11)5-18(31)26-27-19/h4-8,11H,1-3H2,(H,25,28,32)/p+1/t11-/m0/s1. The van der Waals surface area contributed by atoms with Gasteiger partial charge in [0.05, 0.1) is 16.8 Å². The first kappa shape index (κ1) is 20.1. The van der Waals surface area contributed by atoms with E-state index in [9.17, 15) is 14.0 Å². The Hall–Kier alpha value is -3.57. The second kappa shape index (κ2) is 7.49. The first-order valence-electron chi connectivity index (χ1n) is 10.1. The summed E-state index contributed by atoms with van der Waals surface area (Å²) < 4.78 is 24.8. The molecule has 0 aliphatic carbocycles. The third kappa shape index (κ3) is 3.31. The van der Waals surface area contributed by atoms with Gasteiger partial charge in [0.1, 0.15) is 23.0 Å². The summed E-state index contributed by atoms with van der Waals surface area (Å²) in [6, 6.07) is 5.32. The van der Waals surface area contributed by atoms with E-state index in [4.69, 9.17) is 11.6 Å². The fourth-order valence-corrected chi connectivity index (χ4v) is 5.22. The van der Waals surface area contributed by atoms with Gasteiger partial charge in [-0.2, -0.15) is 23.2 Å². The fourth-order valence-electron chi connectivity index (χ4n) is 4.46. The van der Waals surface area contributed by atoms with Crippen LogP contribution in [0.4, 0.5) is 14.9 Å². The van der Waals surface area contributed by atoms with E-state index in [1.54, 1.807) is 16.8 Å². The number of rotatable bonds is 2. The molecule has 2 bridgehead atoms. The summed E-state index contributed by atoms with van der Waals surface area (Å²) in [5, 5.41) is 9.45. The monoisotopic (exact) mass is 482 g/mol. The molecule has 0 saturated heterocycles. The summed E-state index contributed by atoms with van der Waals surface area (Å²) in [5.74, 6) is -0.628.